The Labute approximate surface area is 245 Å². The summed E-state index contributed by atoms with van der Waals surface area (Å²) in [6.07, 6.45) is 1.04. The fraction of sp³-hybridized carbons (Fsp3) is 0.310. The van der Waals surface area contributed by atoms with Crippen LogP contribution in [0, 0.1) is 0 Å². The molecule has 0 unspecified atom stereocenters. The molecule has 0 spiro atoms. The highest BCUT2D eigenvalue weighted by molar-refractivity contribution is 7.92. The lowest BCUT2D eigenvalue weighted by Gasteiger charge is -2.33. The number of amides is 2. The zero-order valence-corrected chi connectivity index (χ0v) is 25.0. The number of carbonyl (C=O) groups excluding carboxylic acids is 2. The molecule has 3 aromatic carbocycles. The molecule has 0 fully saturated rings. The van der Waals surface area contributed by atoms with E-state index in [1.807, 2.05) is 13.0 Å². The summed E-state index contributed by atoms with van der Waals surface area (Å²) in [5.41, 5.74) is 0.767. The minimum atomic E-state index is -4.25. The van der Waals surface area contributed by atoms with Gasteiger partial charge in [-0.3, -0.25) is 13.9 Å². The predicted octanol–water partition coefficient (Wildman–Crippen LogP) is 5.53. The number of hydrogen-bond acceptors (Lipinski definition) is 5. The smallest absolute Gasteiger partial charge is 0.264 e. The lowest BCUT2D eigenvalue weighted by atomic mass is 10.1. The molecule has 11 heteroatoms. The molecule has 0 aliphatic carbocycles. The molecule has 0 aromatic heterocycles. The maximum absolute atomic E-state index is 14.1. The molecule has 1 atom stereocenters. The molecule has 8 nitrogen and oxygen atoms in total. The fourth-order valence-corrected chi connectivity index (χ4v) is 6.04. The highest BCUT2D eigenvalue weighted by Crippen LogP contribution is 2.33. The van der Waals surface area contributed by atoms with Gasteiger partial charge < -0.3 is 15.0 Å². The van der Waals surface area contributed by atoms with Crippen molar-refractivity contribution < 1.29 is 22.7 Å². The maximum Gasteiger partial charge on any atom is 0.264 e. The molecule has 0 radical (unpaired) electrons. The van der Waals surface area contributed by atoms with Gasteiger partial charge in [-0.05, 0) is 60.9 Å². The van der Waals surface area contributed by atoms with Crippen LogP contribution in [-0.2, 0) is 26.2 Å². The summed E-state index contributed by atoms with van der Waals surface area (Å²) in [7, 11) is -2.71. The van der Waals surface area contributed by atoms with Crippen LogP contribution >= 0.6 is 23.2 Å². The lowest BCUT2D eigenvalue weighted by molar-refractivity contribution is -0.140. The first-order chi connectivity index (χ1) is 19.1. The Morgan fingerprint density at radius 1 is 0.975 bits per heavy atom. The van der Waals surface area contributed by atoms with Crippen molar-refractivity contribution in [3.63, 3.8) is 0 Å². The average molecular weight is 607 g/mol. The van der Waals surface area contributed by atoms with Gasteiger partial charge in [-0.2, -0.15) is 0 Å². The van der Waals surface area contributed by atoms with Gasteiger partial charge in [0, 0.05) is 18.1 Å². The van der Waals surface area contributed by atoms with E-state index in [9.17, 15) is 18.0 Å². The molecule has 0 saturated carbocycles. The van der Waals surface area contributed by atoms with E-state index in [4.69, 9.17) is 27.9 Å². The van der Waals surface area contributed by atoms with E-state index in [2.05, 4.69) is 5.32 Å². The number of halogens is 2. The topological polar surface area (TPSA) is 96.0 Å². The molecule has 214 valence electrons. The minimum Gasteiger partial charge on any atom is -0.497 e. The third kappa shape index (κ3) is 7.68. The Morgan fingerprint density at radius 2 is 1.70 bits per heavy atom. The Kier molecular flexibility index (Phi) is 11.2. The van der Waals surface area contributed by atoms with Gasteiger partial charge in [0.2, 0.25) is 11.8 Å². The van der Waals surface area contributed by atoms with Crippen molar-refractivity contribution in [1.29, 1.82) is 0 Å². The summed E-state index contributed by atoms with van der Waals surface area (Å²) >= 11 is 12.7. The Balaban J connectivity index is 2.09. The van der Waals surface area contributed by atoms with Gasteiger partial charge in [-0.15, -0.1) is 0 Å². The van der Waals surface area contributed by atoms with Crippen LogP contribution in [0.4, 0.5) is 5.69 Å². The molecule has 0 saturated heterocycles. The highest BCUT2D eigenvalue weighted by atomic mass is 35.5. The van der Waals surface area contributed by atoms with E-state index in [0.717, 1.165) is 10.7 Å². The number of methoxy groups -OCH3 is 1. The normalized spacial score (nSPS) is 11.9. The van der Waals surface area contributed by atoms with Crippen molar-refractivity contribution in [2.45, 2.75) is 44.2 Å². The number of anilines is 1. The van der Waals surface area contributed by atoms with E-state index in [-0.39, 0.29) is 33.1 Å². The third-order valence-electron chi connectivity index (χ3n) is 6.21. The Hall–Kier alpha value is -3.27. The van der Waals surface area contributed by atoms with Crippen molar-refractivity contribution in [2.24, 2.45) is 0 Å². The number of hydrogen-bond donors (Lipinski definition) is 1. The van der Waals surface area contributed by atoms with Crippen LogP contribution in [0.25, 0.3) is 0 Å². The molecule has 3 rings (SSSR count). The van der Waals surface area contributed by atoms with Crippen LogP contribution in [0.1, 0.15) is 32.3 Å². The van der Waals surface area contributed by atoms with Crippen molar-refractivity contribution in [1.82, 2.24) is 10.2 Å². The van der Waals surface area contributed by atoms with Gasteiger partial charge in [0.15, 0.2) is 0 Å². The third-order valence-corrected chi connectivity index (χ3v) is 8.54. The lowest BCUT2D eigenvalue weighted by Crippen LogP contribution is -2.52. The number of rotatable bonds is 13. The molecule has 2 amide bonds. The molecule has 3 aromatic rings. The summed E-state index contributed by atoms with van der Waals surface area (Å²) in [5, 5.41) is 3.21. The van der Waals surface area contributed by atoms with Gasteiger partial charge in [-0.25, -0.2) is 8.42 Å². The second-order valence-corrected chi connectivity index (χ2v) is 11.7. The molecule has 0 aliphatic rings. The summed E-state index contributed by atoms with van der Waals surface area (Å²) < 4.78 is 34.0. The van der Waals surface area contributed by atoms with Crippen LogP contribution < -0.4 is 14.4 Å². The van der Waals surface area contributed by atoms with Crippen molar-refractivity contribution in [3.05, 3.63) is 88.4 Å². The van der Waals surface area contributed by atoms with Gasteiger partial charge >= 0.3 is 0 Å². The minimum absolute atomic E-state index is 0.0223. The van der Waals surface area contributed by atoms with E-state index < -0.39 is 28.5 Å². The van der Waals surface area contributed by atoms with Gasteiger partial charge in [0.25, 0.3) is 10.0 Å². The van der Waals surface area contributed by atoms with E-state index in [0.29, 0.717) is 24.3 Å². The van der Waals surface area contributed by atoms with Crippen LogP contribution in [0.3, 0.4) is 0 Å². The summed E-state index contributed by atoms with van der Waals surface area (Å²) in [6.45, 7) is 3.62. The largest absolute Gasteiger partial charge is 0.497 e. The Bertz CT molecular complexity index is 1420. The van der Waals surface area contributed by atoms with Crippen molar-refractivity contribution in [3.8, 4) is 5.75 Å². The zero-order chi connectivity index (χ0) is 29.3. The highest BCUT2D eigenvalue weighted by Gasteiger charge is 2.34. The van der Waals surface area contributed by atoms with E-state index in [1.165, 1.54) is 42.3 Å². The molecule has 1 N–H and O–H groups in total. The quantitative estimate of drug-likeness (QED) is 0.276. The fourth-order valence-electron chi connectivity index (χ4n) is 4.16. The molecule has 0 heterocycles. The van der Waals surface area contributed by atoms with Gasteiger partial charge in [0.05, 0.1) is 22.7 Å². The molecule has 40 heavy (non-hydrogen) atoms. The van der Waals surface area contributed by atoms with Crippen molar-refractivity contribution >= 4 is 50.7 Å². The van der Waals surface area contributed by atoms with Crippen LogP contribution in [0.2, 0.25) is 10.0 Å². The molecular weight excluding hydrogens is 573 g/mol. The second-order valence-electron chi connectivity index (χ2n) is 9.01. The van der Waals surface area contributed by atoms with Gasteiger partial charge in [-0.1, -0.05) is 67.4 Å². The predicted molar refractivity (Wildman–Crippen MR) is 158 cm³/mol. The first-order valence-corrected chi connectivity index (χ1v) is 15.0. The zero-order valence-electron chi connectivity index (χ0n) is 22.6. The van der Waals surface area contributed by atoms with Crippen LogP contribution in [0.5, 0.6) is 5.75 Å². The van der Waals surface area contributed by atoms with E-state index in [1.54, 1.807) is 43.3 Å². The standard InChI is InChI=1S/C29H33Cl2N3O5S/c1-4-16-32-29(36)26(5-2)33(19-21-10-9-11-23(17-21)39-3)28(35)20-34(27-18-22(30)14-15-25(27)31)40(37,38)24-12-7-6-8-13-24/h6-15,17-18,26H,4-5,16,19-20H2,1-3H3,(H,32,36)/t26-/m1/s1. The maximum atomic E-state index is 14.1. The number of benzene rings is 3. The number of carbonyl (C=O) groups is 2. The molecule has 0 aliphatic heterocycles. The number of nitrogens with one attached hydrogen (secondary N) is 1. The number of nitrogens with zero attached hydrogens (tertiary/aromatic N) is 2. The van der Waals surface area contributed by atoms with E-state index >= 15 is 0 Å². The second kappa shape index (κ2) is 14.4. The molecule has 0 bridgehead atoms. The monoisotopic (exact) mass is 605 g/mol. The number of sulfonamides is 1. The molecular formula is C29H33Cl2N3O5S. The summed E-state index contributed by atoms with van der Waals surface area (Å²) in [4.78, 5) is 28.6. The first-order valence-electron chi connectivity index (χ1n) is 12.8. The SMILES string of the molecule is CCCNC(=O)[C@@H](CC)N(Cc1cccc(OC)c1)C(=O)CN(c1cc(Cl)ccc1Cl)S(=O)(=O)c1ccccc1. The summed E-state index contributed by atoms with van der Waals surface area (Å²) in [6, 6.07) is 18.4. The van der Waals surface area contributed by atoms with Crippen LogP contribution in [0.15, 0.2) is 77.7 Å². The van der Waals surface area contributed by atoms with Gasteiger partial charge in [0.1, 0.15) is 18.3 Å². The summed E-state index contributed by atoms with van der Waals surface area (Å²) in [5.74, 6) is -0.317. The first kappa shape index (κ1) is 31.3. The number of ether oxygens (including phenoxy) is 1. The Morgan fingerprint density at radius 3 is 2.35 bits per heavy atom. The van der Waals surface area contributed by atoms with Crippen LogP contribution in [-0.4, -0.2) is 51.4 Å². The van der Waals surface area contributed by atoms with Crippen molar-refractivity contribution in [2.75, 3.05) is 24.5 Å². The average Bonchev–Trinajstić information content (AvgIpc) is 2.96.